The SMILES string of the molecule is CN=C(NCCCCn1ccnc1C)N1CCN(CC(=O)NC2CC2)CC1. The van der Waals surface area contributed by atoms with Gasteiger partial charge in [0.1, 0.15) is 5.82 Å². The van der Waals surface area contributed by atoms with Crippen molar-refractivity contribution in [1.82, 2.24) is 30.0 Å². The van der Waals surface area contributed by atoms with Crippen LogP contribution in [-0.4, -0.2) is 83.6 Å². The molecule has 1 saturated carbocycles. The highest BCUT2D eigenvalue weighted by molar-refractivity contribution is 5.80. The zero-order valence-electron chi connectivity index (χ0n) is 16.7. The average molecular weight is 376 g/mol. The van der Waals surface area contributed by atoms with Gasteiger partial charge in [0.15, 0.2) is 5.96 Å². The zero-order chi connectivity index (χ0) is 19.1. The topological polar surface area (TPSA) is 77.8 Å². The van der Waals surface area contributed by atoms with E-state index in [1.165, 1.54) is 0 Å². The number of nitrogens with zero attached hydrogens (tertiary/aromatic N) is 5. The number of hydrogen-bond acceptors (Lipinski definition) is 4. The highest BCUT2D eigenvalue weighted by Crippen LogP contribution is 2.18. The van der Waals surface area contributed by atoms with Crippen LogP contribution in [0.25, 0.3) is 0 Å². The van der Waals surface area contributed by atoms with Crippen molar-refractivity contribution in [2.45, 2.75) is 45.2 Å². The number of hydrogen-bond donors (Lipinski definition) is 2. The second-order valence-electron chi connectivity index (χ2n) is 7.45. The van der Waals surface area contributed by atoms with Gasteiger partial charge in [-0.25, -0.2) is 4.98 Å². The molecule has 1 aliphatic carbocycles. The summed E-state index contributed by atoms with van der Waals surface area (Å²) in [6.07, 6.45) is 8.38. The number of guanidine groups is 1. The van der Waals surface area contributed by atoms with Gasteiger partial charge in [0.25, 0.3) is 0 Å². The Morgan fingerprint density at radius 1 is 1.26 bits per heavy atom. The molecule has 8 heteroatoms. The zero-order valence-corrected chi connectivity index (χ0v) is 16.7. The highest BCUT2D eigenvalue weighted by atomic mass is 16.2. The van der Waals surface area contributed by atoms with Crippen molar-refractivity contribution in [1.29, 1.82) is 0 Å². The fourth-order valence-corrected chi connectivity index (χ4v) is 3.40. The average Bonchev–Trinajstić information content (AvgIpc) is 3.38. The molecule has 0 bridgehead atoms. The summed E-state index contributed by atoms with van der Waals surface area (Å²) in [5.41, 5.74) is 0. The minimum absolute atomic E-state index is 0.168. The van der Waals surface area contributed by atoms with Gasteiger partial charge in [-0.05, 0) is 32.6 Å². The summed E-state index contributed by atoms with van der Waals surface area (Å²) in [4.78, 5) is 25.1. The van der Waals surface area contributed by atoms with Crippen LogP contribution in [-0.2, 0) is 11.3 Å². The Balaban J connectivity index is 1.30. The molecule has 0 aromatic carbocycles. The molecule has 0 atom stereocenters. The van der Waals surface area contributed by atoms with Gasteiger partial charge < -0.3 is 20.1 Å². The predicted molar refractivity (Wildman–Crippen MR) is 107 cm³/mol. The lowest BCUT2D eigenvalue weighted by atomic mass is 10.3. The first-order valence-electron chi connectivity index (χ1n) is 10.1. The van der Waals surface area contributed by atoms with E-state index in [4.69, 9.17) is 0 Å². The fourth-order valence-electron chi connectivity index (χ4n) is 3.40. The highest BCUT2D eigenvalue weighted by Gasteiger charge is 2.25. The number of carbonyl (C=O) groups excluding carboxylic acids is 1. The van der Waals surface area contributed by atoms with E-state index in [1.807, 2.05) is 26.4 Å². The van der Waals surface area contributed by atoms with E-state index in [9.17, 15) is 4.79 Å². The van der Waals surface area contributed by atoms with Crippen molar-refractivity contribution in [3.8, 4) is 0 Å². The molecule has 2 aliphatic rings. The molecule has 0 radical (unpaired) electrons. The van der Waals surface area contributed by atoms with Crippen LogP contribution in [0.1, 0.15) is 31.5 Å². The molecule has 1 amide bonds. The maximum Gasteiger partial charge on any atom is 0.234 e. The van der Waals surface area contributed by atoms with Gasteiger partial charge in [-0.3, -0.25) is 14.7 Å². The molecule has 0 spiro atoms. The van der Waals surface area contributed by atoms with Crippen molar-refractivity contribution in [3.63, 3.8) is 0 Å². The molecule has 2 heterocycles. The minimum Gasteiger partial charge on any atom is -0.356 e. The van der Waals surface area contributed by atoms with Gasteiger partial charge in [0, 0.05) is 64.8 Å². The lowest BCUT2D eigenvalue weighted by molar-refractivity contribution is -0.122. The maximum atomic E-state index is 11.9. The van der Waals surface area contributed by atoms with Crippen molar-refractivity contribution in [2.24, 2.45) is 4.99 Å². The lowest BCUT2D eigenvalue weighted by Crippen LogP contribution is -2.54. The first-order chi connectivity index (χ1) is 13.2. The Morgan fingerprint density at radius 2 is 2.04 bits per heavy atom. The van der Waals surface area contributed by atoms with Gasteiger partial charge in [-0.15, -0.1) is 0 Å². The normalized spacial score (nSPS) is 18.6. The summed E-state index contributed by atoms with van der Waals surface area (Å²) >= 11 is 0. The molecule has 2 N–H and O–H groups in total. The number of nitrogens with one attached hydrogen (secondary N) is 2. The summed E-state index contributed by atoms with van der Waals surface area (Å²) in [6, 6.07) is 0.444. The number of aliphatic imine (C=N–C) groups is 1. The standard InChI is InChI=1S/C19H33N7O/c1-16-21-8-10-25(16)9-4-3-7-22-19(20-2)26-13-11-24(12-14-26)15-18(27)23-17-5-6-17/h8,10,17H,3-7,9,11-15H2,1-2H3,(H,20,22)(H,23,27). The molecule has 27 heavy (non-hydrogen) atoms. The molecule has 1 saturated heterocycles. The Kier molecular flexibility index (Phi) is 7.09. The Hall–Kier alpha value is -2.09. The third-order valence-corrected chi connectivity index (χ3v) is 5.23. The molecule has 1 aromatic heterocycles. The number of aryl methyl sites for hydroxylation is 2. The predicted octanol–water partition coefficient (Wildman–Crippen LogP) is 0.443. The molecule has 2 fully saturated rings. The van der Waals surface area contributed by atoms with E-state index >= 15 is 0 Å². The van der Waals surface area contributed by atoms with Gasteiger partial charge >= 0.3 is 0 Å². The van der Waals surface area contributed by atoms with Crippen LogP contribution in [0, 0.1) is 6.92 Å². The summed E-state index contributed by atoms with van der Waals surface area (Å²) in [5.74, 6) is 2.21. The number of piperazine rings is 1. The van der Waals surface area contributed by atoms with Crippen LogP contribution < -0.4 is 10.6 Å². The lowest BCUT2D eigenvalue weighted by Gasteiger charge is -2.36. The third-order valence-electron chi connectivity index (χ3n) is 5.23. The van der Waals surface area contributed by atoms with Crippen LogP contribution in [0.4, 0.5) is 0 Å². The number of carbonyl (C=O) groups is 1. The van der Waals surface area contributed by atoms with E-state index in [-0.39, 0.29) is 5.91 Å². The number of unbranched alkanes of at least 4 members (excludes halogenated alkanes) is 1. The van der Waals surface area contributed by atoms with Crippen LogP contribution in [0.2, 0.25) is 0 Å². The Morgan fingerprint density at radius 3 is 2.67 bits per heavy atom. The van der Waals surface area contributed by atoms with Crippen molar-refractivity contribution in [3.05, 3.63) is 18.2 Å². The number of aromatic nitrogens is 2. The van der Waals surface area contributed by atoms with Crippen LogP contribution >= 0.6 is 0 Å². The second kappa shape index (κ2) is 9.73. The minimum atomic E-state index is 0.168. The van der Waals surface area contributed by atoms with E-state index in [0.29, 0.717) is 12.6 Å². The summed E-state index contributed by atoms with van der Waals surface area (Å²) in [5, 5.41) is 6.54. The van der Waals surface area contributed by atoms with Gasteiger partial charge in [-0.1, -0.05) is 0 Å². The van der Waals surface area contributed by atoms with Crippen molar-refractivity contribution >= 4 is 11.9 Å². The monoisotopic (exact) mass is 375 g/mol. The first-order valence-corrected chi connectivity index (χ1v) is 10.1. The molecule has 8 nitrogen and oxygen atoms in total. The van der Waals surface area contributed by atoms with Gasteiger partial charge in [-0.2, -0.15) is 0 Å². The van der Waals surface area contributed by atoms with Gasteiger partial charge in [0.05, 0.1) is 6.54 Å². The second-order valence-corrected chi connectivity index (χ2v) is 7.45. The van der Waals surface area contributed by atoms with E-state index < -0.39 is 0 Å². The summed E-state index contributed by atoms with van der Waals surface area (Å²) in [6.45, 7) is 8.10. The van der Waals surface area contributed by atoms with Crippen molar-refractivity contribution in [2.75, 3.05) is 46.3 Å². The van der Waals surface area contributed by atoms with E-state index in [1.54, 1.807) is 0 Å². The van der Waals surface area contributed by atoms with Crippen molar-refractivity contribution < 1.29 is 4.79 Å². The Labute approximate surface area is 162 Å². The molecular formula is C19H33N7O. The van der Waals surface area contributed by atoms with Crippen LogP contribution in [0.15, 0.2) is 17.4 Å². The molecular weight excluding hydrogens is 342 g/mol. The van der Waals surface area contributed by atoms with Gasteiger partial charge in [0.2, 0.25) is 5.91 Å². The maximum absolute atomic E-state index is 11.9. The van der Waals surface area contributed by atoms with E-state index in [2.05, 4.69) is 35.0 Å². The molecule has 3 rings (SSSR count). The number of rotatable bonds is 8. The number of amides is 1. The molecule has 1 aliphatic heterocycles. The molecule has 0 unspecified atom stereocenters. The largest absolute Gasteiger partial charge is 0.356 e. The summed E-state index contributed by atoms with van der Waals surface area (Å²) in [7, 11) is 1.84. The quantitative estimate of drug-likeness (QED) is 0.392. The third kappa shape index (κ3) is 6.23. The van der Waals surface area contributed by atoms with E-state index in [0.717, 1.165) is 76.7 Å². The Bertz CT molecular complexity index is 630. The fraction of sp³-hybridized carbons (Fsp3) is 0.737. The number of imidazole rings is 1. The molecule has 150 valence electrons. The summed E-state index contributed by atoms with van der Waals surface area (Å²) < 4.78 is 2.19. The first kappa shape index (κ1) is 19.7. The van der Waals surface area contributed by atoms with Crippen LogP contribution in [0.5, 0.6) is 0 Å². The smallest absolute Gasteiger partial charge is 0.234 e. The molecule has 1 aromatic rings. The van der Waals surface area contributed by atoms with Crippen LogP contribution in [0.3, 0.4) is 0 Å².